The van der Waals surface area contributed by atoms with Crippen molar-refractivity contribution in [1.82, 2.24) is 9.88 Å². The maximum atomic E-state index is 11.8. The van der Waals surface area contributed by atoms with E-state index in [2.05, 4.69) is 20.7 Å². The molecular weight excluding hydrogens is 284 g/mol. The Hall–Kier alpha value is -2.34. The van der Waals surface area contributed by atoms with Gasteiger partial charge in [-0.2, -0.15) is 0 Å². The zero-order chi connectivity index (χ0) is 15.5. The van der Waals surface area contributed by atoms with E-state index in [-0.39, 0.29) is 5.78 Å². The molecule has 1 N–H and O–H groups in total. The molecule has 3 rings (SSSR count). The topological polar surface area (TPSA) is 71.6 Å². The molecule has 0 bridgehead atoms. The van der Waals surface area contributed by atoms with Gasteiger partial charge in [0, 0.05) is 43.2 Å². The highest BCUT2D eigenvalue weighted by Crippen LogP contribution is 2.21. The van der Waals surface area contributed by atoms with Gasteiger partial charge in [-0.1, -0.05) is 18.2 Å². The minimum atomic E-state index is -0.813. The minimum absolute atomic E-state index is 0.0550. The van der Waals surface area contributed by atoms with Gasteiger partial charge in [0.25, 0.3) is 0 Å². The Labute approximate surface area is 128 Å². The van der Waals surface area contributed by atoms with Crippen LogP contribution < -0.4 is 0 Å². The summed E-state index contributed by atoms with van der Waals surface area (Å²) in [6, 6.07) is 8.09. The first-order chi connectivity index (χ1) is 10.7. The SMILES string of the molecule is COC(=O)OC1CN(Cc2c[nH]c3ccccc23)CCC1=O. The van der Waals surface area contributed by atoms with Crippen LogP contribution in [-0.4, -0.2) is 48.1 Å². The average molecular weight is 302 g/mol. The number of rotatable bonds is 3. The van der Waals surface area contributed by atoms with Crippen molar-refractivity contribution in [3.8, 4) is 0 Å². The van der Waals surface area contributed by atoms with E-state index in [0.29, 0.717) is 26.1 Å². The highest BCUT2D eigenvalue weighted by Gasteiger charge is 2.30. The van der Waals surface area contributed by atoms with E-state index in [4.69, 9.17) is 4.74 Å². The number of fused-ring (bicyclic) bond motifs is 1. The first kappa shape index (κ1) is 14.6. The number of carbonyl (C=O) groups is 2. The van der Waals surface area contributed by atoms with Crippen LogP contribution in [-0.2, 0) is 20.8 Å². The van der Waals surface area contributed by atoms with Gasteiger partial charge in [0.15, 0.2) is 11.9 Å². The number of likely N-dealkylation sites (tertiary alicyclic amines) is 1. The molecule has 0 spiro atoms. The summed E-state index contributed by atoms with van der Waals surface area (Å²) < 4.78 is 9.49. The Balaban J connectivity index is 1.70. The second-order valence-electron chi connectivity index (χ2n) is 5.37. The maximum absolute atomic E-state index is 11.8. The fourth-order valence-electron chi connectivity index (χ4n) is 2.77. The van der Waals surface area contributed by atoms with Gasteiger partial charge in [0.2, 0.25) is 0 Å². The van der Waals surface area contributed by atoms with Crippen LogP contribution in [0.15, 0.2) is 30.5 Å². The van der Waals surface area contributed by atoms with Gasteiger partial charge in [0.1, 0.15) is 0 Å². The fourth-order valence-corrected chi connectivity index (χ4v) is 2.77. The molecule has 1 saturated heterocycles. The van der Waals surface area contributed by atoms with Crippen molar-refractivity contribution in [2.45, 2.75) is 19.1 Å². The van der Waals surface area contributed by atoms with E-state index in [1.807, 2.05) is 24.4 Å². The molecule has 1 unspecified atom stereocenters. The fraction of sp³-hybridized carbons (Fsp3) is 0.375. The molecule has 1 aliphatic heterocycles. The number of ether oxygens (including phenoxy) is 2. The Morgan fingerprint density at radius 1 is 1.41 bits per heavy atom. The standard InChI is InChI=1S/C16H18N2O4/c1-21-16(20)22-15-10-18(7-6-14(15)19)9-11-8-17-13-5-3-2-4-12(11)13/h2-5,8,15,17H,6-7,9-10H2,1H3. The van der Waals surface area contributed by atoms with Crippen molar-refractivity contribution in [2.75, 3.05) is 20.2 Å². The number of aromatic amines is 1. The summed E-state index contributed by atoms with van der Waals surface area (Å²) in [6.07, 6.45) is 0.806. The van der Waals surface area contributed by atoms with Gasteiger partial charge < -0.3 is 14.5 Å². The minimum Gasteiger partial charge on any atom is -0.438 e. The monoisotopic (exact) mass is 302 g/mol. The number of H-pyrrole nitrogens is 1. The van der Waals surface area contributed by atoms with Gasteiger partial charge in [0.05, 0.1) is 7.11 Å². The third-order valence-corrected chi connectivity index (χ3v) is 3.93. The number of hydrogen-bond acceptors (Lipinski definition) is 5. The Bertz CT molecular complexity index is 694. The number of Topliss-reactive ketones (excluding diaryl/α,β-unsaturated/α-hetero) is 1. The predicted octanol–water partition coefficient (Wildman–Crippen LogP) is 2.09. The van der Waals surface area contributed by atoms with Gasteiger partial charge in [-0.15, -0.1) is 0 Å². The van der Waals surface area contributed by atoms with Crippen LogP contribution in [0, 0.1) is 0 Å². The molecule has 2 aromatic rings. The number of carbonyl (C=O) groups excluding carboxylic acids is 2. The van der Waals surface area contributed by atoms with Gasteiger partial charge >= 0.3 is 6.16 Å². The van der Waals surface area contributed by atoms with Gasteiger partial charge in [-0.25, -0.2) is 4.79 Å². The van der Waals surface area contributed by atoms with E-state index in [1.54, 1.807) is 0 Å². The lowest BCUT2D eigenvalue weighted by Crippen LogP contribution is -2.45. The number of para-hydroxylation sites is 1. The lowest BCUT2D eigenvalue weighted by molar-refractivity contribution is -0.133. The molecule has 6 heteroatoms. The molecule has 22 heavy (non-hydrogen) atoms. The first-order valence-corrected chi connectivity index (χ1v) is 7.22. The zero-order valence-corrected chi connectivity index (χ0v) is 12.4. The Kier molecular flexibility index (Phi) is 4.11. The van der Waals surface area contributed by atoms with E-state index in [0.717, 1.165) is 5.52 Å². The molecule has 2 heterocycles. The van der Waals surface area contributed by atoms with Crippen LogP contribution in [0.25, 0.3) is 10.9 Å². The number of piperidine rings is 1. The van der Waals surface area contributed by atoms with Crippen molar-refractivity contribution in [3.63, 3.8) is 0 Å². The van der Waals surface area contributed by atoms with Crippen molar-refractivity contribution < 1.29 is 19.1 Å². The summed E-state index contributed by atoms with van der Waals surface area (Å²) in [6.45, 7) is 1.77. The molecule has 1 aromatic carbocycles. The van der Waals surface area contributed by atoms with E-state index < -0.39 is 12.3 Å². The summed E-state index contributed by atoms with van der Waals surface area (Å²) in [4.78, 5) is 28.4. The van der Waals surface area contributed by atoms with Crippen LogP contribution in [0.1, 0.15) is 12.0 Å². The number of benzene rings is 1. The van der Waals surface area contributed by atoms with E-state index in [9.17, 15) is 9.59 Å². The summed E-state index contributed by atoms with van der Waals surface area (Å²) in [5.74, 6) is -0.0550. The number of nitrogens with zero attached hydrogens (tertiary/aromatic N) is 1. The average Bonchev–Trinajstić information content (AvgIpc) is 2.94. The second-order valence-corrected chi connectivity index (χ2v) is 5.37. The van der Waals surface area contributed by atoms with Crippen molar-refractivity contribution in [2.24, 2.45) is 0 Å². The summed E-state index contributed by atoms with van der Waals surface area (Å²) in [7, 11) is 1.24. The van der Waals surface area contributed by atoms with Gasteiger partial charge in [-0.05, 0) is 11.6 Å². The lowest BCUT2D eigenvalue weighted by atomic mass is 10.1. The number of methoxy groups -OCH3 is 1. The van der Waals surface area contributed by atoms with Crippen molar-refractivity contribution in [3.05, 3.63) is 36.0 Å². The number of aromatic nitrogens is 1. The van der Waals surface area contributed by atoms with Crippen LogP contribution in [0.2, 0.25) is 0 Å². The van der Waals surface area contributed by atoms with Crippen LogP contribution >= 0.6 is 0 Å². The summed E-state index contributed by atoms with van der Waals surface area (Å²) >= 11 is 0. The Morgan fingerprint density at radius 3 is 3.05 bits per heavy atom. The smallest absolute Gasteiger partial charge is 0.438 e. The van der Waals surface area contributed by atoms with Gasteiger partial charge in [-0.3, -0.25) is 9.69 Å². The largest absolute Gasteiger partial charge is 0.508 e. The molecule has 1 aliphatic rings. The molecule has 0 amide bonds. The first-order valence-electron chi connectivity index (χ1n) is 7.22. The maximum Gasteiger partial charge on any atom is 0.508 e. The molecule has 0 aliphatic carbocycles. The molecule has 6 nitrogen and oxygen atoms in total. The number of hydrogen-bond donors (Lipinski definition) is 1. The molecule has 1 aromatic heterocycles. The molecule has 0 radical (unpaired) electrons. The van der Waals surface area contributed by atoms with E-state index in [1.165, 1.54) is 18.1 Å². The van der Waals surface area contributed by atoms with Crippen molar-refractivity contribution >= 4 is 22.8 Å². The molecule has 116 valence electrons. The summed E-state index contributed by atoms with van der Waals surface area (Å²) in [5.41, 5.74) is 2.26. The second kappa shape index (κ2) is 6.19. The molecule has 0 saturated carbocycles. The zero-order valence-electron chi connectivity index (χ0n) is 12.4. The van der Waals surface area contributed by atoms with E-state index >= 15 is 0 Å². The highest BCUT2D eigenvalue weighted by atomic mass is 16.7. The summed E-state index contributed by atoms with van der Waals surface area (Å²) in [5, 5.41) is 1.17. The van der Waals surface area contributed by atoms with Crippen molar-refractivity contribution in [1.29, 1.82) is 0 Å². The predicted molar refractivity (Wildman–Crippen MR) is 80.5 cm³/mol. The lowest BCUT2D eigenvalue weighted by Gasteiger charge is -2.30. The van der Waals surface area contributed by atoms with Crippen LogP contribution in [0.4, 0.5) is 4.79 Å². The quantitative estimate of drug-likeness (QED) is 0.879. The van der Waals surface area contributed by atoms with Crippen LogP contribution in [0.5, 0.6) is 0 Å². The third-order valence-electron chi connectivity index (χ3n) is 3.93. The number of ketones is 1. The molecular formula is C16H18N2O4. The normalized spacial score (nSPS) is 19.3. The number of nitrogens with one attached hydrogen (secondary N) is 1. The highest BCUT2D eigenvalue weighted by molar-refractivity contribution is 5.86. The third kappa shape index (κ3) is 2.96. The van der Waals surface area contributed by atoms with Crippen LogP contribution in [0.3, 0.4) is 0 Å². The molecule has 1 fully saturated rings. The molecule has 1 atom stereocenters. The Morgan fingerprint density at radius 2 is 2.23 bits per heavy atom.